The molecule has 0 unspecified atom stereocenters. The second kappa shape index (κ2) is 6.03. The predicted molar refractivity (Wildman–Crippen MR) is 62.6 cm³/mol. The number of rotatable bonds is 7. The fraction of sp³-hybridized carbons (Fsp3) is 0.800. The Morgan fingerprint density at radius 1 is 1.28 bits per heavy atom. The summed E-state index contributed by atoms with van der Waals surface area (Å²) in [7, 11) is -3.34. The molecule has 0 aromatic heterocycles. The van der Waals surface area contributed by atoms with Gasteiger partial charge in [0.1, 0.15) is 0 Å². The van der Waals surface area contributed by atoms with E-state index < -0.39 is 22.7 Å². The molecule has 0 heterocycles. The van der Waals surface area contributed by atoms with Gasteiger partial charge in [-0.05, 0) is 19.3 Å². The van der Waals surface area contributed by atoms with E-state index >= 15 is 0 Å². The highest BCUT2D eigenvalue weighted by Gasteiger charge is 2.35. The van der Waals surface area contributed by atoms with Crippen molar-refractivity contribution in [1.29, 1.82) is 0 Å². The zero-order valence-corrected chi connectivity index (χ0v) is 10.6. The van der Waals surface area contributed by atoms with Gasteiger partial charge in [-0.1, -0.05) is 6.08 Å². The lowest BCUT2D eigenvalue weighted by Gasteiger charge is -2.36. The second-order valence-corrected chi connectivity index (χ2v) is 6.25. The van der Waals surface area contributed by atoms with Gasteiger partial charge in [0.2, 0.25) is 10.0 Å². The highest BCUT2D eigenvalue weighted by molar-refractivity contribution is 7.89. The molecule has 18 heavy (non-hydrogen) atoms. The summed E-state index contributed by atoms with van der Waals surface area (Å²) in [6, 6.07) is -0.524. The Hall–Kier alpha value is -0.600. The molecule has 0 radical (unpaired) electrons. The lowest BCUT2D eigenvalue weighted by molar-refractivity contribution is -0.127. The van der Waals surface area contributed by atoms with Gasteiger partial charge in [-0.15, -0.1) is 6.58 Å². The monoisotopic (exact) mass is 286 g/mol. The number of nitrogens with one attached hydrogen (secondary N) is 2. The topological polar surface area (TPSA) is 58.2 Å². The fourth-order valence-electron chi connectivity index (χ4n) is 1.69. The van der Waals surface area contributed by atoms with E-state index in [2.05, 4.69) is 16.6 Å². The fourth-order valence-corrected chi connectivity index (χ4v) is 2.99. The van der Waals surface area contributed by atoms with Crippen molar-refractivity contribution < 1.29 is 21.6 Å². The van der Waals surface area contributed by atoms with Gasteiger partial charge >= 0.3 is 6.18 Å². The summed E-state index contributed by atoms with van der Waals surface area (Å²) in [5.41, 5.74) is 0. The van der Waals surface area contributed by atoms with Gasteiger partial charge in [0.25, 0.3) is 0 Å². The van der Waals surface area contributed by atoms with Crippen LogP contribution < -0.4 is 10.0 Å². The van der Waals surface area contributed by atoms with Crippen molar-refractivity contribution in [1.82, 2.24) is 10.0 Å². The van der Waals surface area contributed by atoms with Gasteiger partial charge in [0.05, 0.1) is 12.3 Å². The van der Waals surface area contributed by atoms with E-state index in [1.807, 2.05) is 0 Å². The van der Waals surface area contributed by atoms with E-state index in [-0.39, 0.29) is 17.8 Å². The van der Waals surface area contributed by atoms with Crippen LogP contribution in [0.15, 0.2) is 12.7 Å². The number of hydrogen-bond donors (Lipinski definition) is 2. The third kappa shape index (κ3) is 5.83. The van der Waals surface area contributed by atoms with Crippen LogP contribution in [0, 0.1) is 0 Å². The molecule has 1 saturated carbocycles. The second-order valence-electron chi connectivity index (χ2n) is 4.38. The number of allylic oxidation sites excluding steroid dienone is 1. The first-order valence-corrected chi connectivity index (χ1v) is 7.28. The first-order chi connectivity index (χ1) is 8.22. The highest BCUT2D eigenvalue weighted by atomic mass is 32.2. The maximum absolute atomic E-state index is 11.9. The minimum atomic E-state index is -4.23. The number of hydrogen-bond acceptors (Lipinski definition) is 3. The molecule has 0 bridgehead atoms. The molecule has 0 amide bonds. The van der Waals surface area contributed by atoms with Gasteiger partial charge in [-0.25, -0.2) is 13.1 Å². The average molecular weight is 286 g/mol. The first kappa shape index (κ1) is 15.5. The molecule has 0 atom stereocenters. The van der Waals surface area contributed by atoms with Crippen LogP contribution in [-0.4, -0.2) is 39.0 Å². The van der Waals surface area contributed by atoms with Gasteiger partial charge in [0, 0.05) is 12.1 Å². The van der Waals surface area contributed by atoms with Crippen LogP contribution in [0.4, 0.5) is 13.2 Å². The molecule has 4 nitrogen and oxygen atoms in total. The minimum absolute atomic E-state index is 0.0341. The van der Waals surface area contributed by atoms with E-state index in [0.717, 1.165) is 0 Å². The smallest absolute Gasteiger partial charge is 0.306 e. The molecule has 0 aromatic rings. The number of sulfonamides is 1. The van der Waals surface area contributed by atoms with Crippen molar-refractivity contribution in [2.75, 3.05) is 12.3 Å². The molecule has 0 aromatic carbocycles. The van der Waals surface area contributed by atoms with Crippen molar-refractivity contribution in [3.05, 3.63) is 12.7 Å². The van der Waals surface area contributed by atoms with Gasteiger partial charge in [-0.3, -0.25) is 0 Å². The van der Waals surface area contributed by atoms with Crippen molar-refractivity contribution in [2.45, 2.75) is 37.5 Å². The Balaban J connectivity index is 2.21. The van der Waals surface area contributed by atoms with Gasteiger partial charge in [-0.2, -0.15) is 13.2 Å². The molecular weight excluding hydrogens is 269 g/mol. The minimum Gasteiger partial charge on any atom is -0.306 e. The molecule has 0 aliphatic heterocycles. The van der Waals surface area contributed by atoms with Gasteiger partial charge in [0.15, 0.2) is 0 Å². The summed E-state index contributed by atoms with van der Waals surface area (Å²) in [5, 5.41) is 2.34. The molecule has 1 aliphatic rings. The Morgan fingerprint density at radius 2 is 1.89 bits per heavy atom. The Bertz CT molecular complexity index is 375. The van der Waals surface area contributed by atoms with Crippen LogP contribution in [0.2, 0.25) is 0 Å². The summed E-state index contributed by atoms with van der Waals surface area (Å²) in [4.78, 5) is 0. The zero-order valence-electron chi connectivity index (χ0n) is 9.83. The van der Waals surface area contributed by atoms with Crippen LogP contribution in [0.5, 0.6) is 0 Å². The van der Waals surface area contributed by atoms with Crippen LogP contribution in [0.3, 0.4) is 0 Å². The molecule has 1 fully saturated rings. The van der Waals surface area contributed by atoms with E-state index in [4.69, 9.17) is 0 Å². The SMILES string of the molecule is C=CCCS(=O)(=O)NC1CC(NCC(F)(F)F)C1. The summed E-state index contributed by atoms with van der Waals surface area (Å²) >= 11 is 0. The molecule has 1 rings (SSSR count). The van der Waals surface area contributed by atoms with E-state index in [1.54, 1.807) is 0 Å². The van der Waals surface area contributed by atoms with Crippen LogP contribution in [0.25, 0.3) is 0 Å². The maximum atomic E-state index is 11.9. The summed E-state index contributed by atoms with van der Waals surface area (Å²) in [5.74, 6) is -0.0341. The van der Waals surface area contributed by atoms with Crippen LogP contribution in [-0.2, 0) is 10.0 Å². The molecule has 0 saturated heterocycles. The molecular formula is C10H17F3N2O2S. The molecule has 106 valence electrons. The van der Waals surface area contributed by atoms with Gasteiger partial charge < -0.3 is 5.32 Å². The number of halogens is 3. The molecule has 8 heteroatoms. The lowest BCUT2D eigenvalue weighted by Crippen LogP contribution is -2.54. The predicted octanol–water partition coefficient (Wildman–Crippen LogP) is 1.16. The standard InChI is InChI=1S/C10H17F3N2O2S/c1-2-3-4-18(16,17)15-9-5-8(6-9)14-7-10(11,12)13/h2,8-9,14-15H,1,3-7H2. The van der Waals surface area contributed by atoms with E-state index in [0.29, 0.717) is 19.3 Å². The summed E-state index contributed by atoms with van der Waals surface area (Å²) in [6.07, 6.45) is -1.58. The zero-order chi connectivity index (χ0) is 13.8. The summed E-state index contributed by atoms with van der Waals surface area (Å²) in [6.45, 7) is 2.39. The van der Waals surface area contributed by atoms with E-state index in [1.165, 1.54) is 6.08 Å². The third-order valence-electron chi connectivity index (χ3n) is 2.67. The third-order valence-corrected chi connectivity index (χ3v) is 4.13. The quantitative estimate of drug-likeness (QED) is 0.691. The summed E-state index contributed by atoms with van der Waals surface area (Å²) < 4.78 is 61.1. The average Bonchev–Trinajstić information content (AvgIpc) is 2.17. The Labute approximate surface area is 105 Å². The Kier molecular flexibility index (Phi) is 5.18. The van der Waals surface area contributed by atoms with E-state index in [9.17, 15) is 21.6 Å². The normalized spacial score (nSPS) is 24.6. The largest absolute Gasteiger partial charge is 0.401 e. The maximum Gasteiger partial charge on any atom is 0.401 e. The first-order valence-electron chi connectivity index (χ1n) is 5.63. The molecule has 0 spiro atoms. The van der Waals surface area contributed by atoms with Crippen molar-refractivity contribution >= 4 is 10.0 Å². The van der Waals surface area contributed by atoms with Crippen molar-refractivity contribution in [3.63, 3.8) is 0 Å². The number of alkyl halides is 3. The highest BCUT2D eigenvalue weighted by Crippen LogP contribution is 2.22. The lowest BCUT2D eigenvalue weighted by atomic mass is 9.88. The van der Waals surface area contributed by atoms with Crippen LogP contribution >= 0.6 is 0 Å². The van der Waals surface area contributed by atoms with Crippen LogP contribution in [0.1, 0.15) is 19.3 Å². The Morgan fingerprint density at radius 3 is 2.39 bits per heavy atom. The molecule has 2 N–H and O–H groups in total. The molecule has 1 aliphatic carbocycles. The van der Waals surface area contributed by atoms with Crippen molar-refractivity contribution in [2.24, 2.45) is 0 Å². The van der Waals surface area contributed by atoms with Crippen molar-refractivity contribution in [3.8, 4) is 0 Å².